The van der Waals surface area contributed by atoms with Crippen molar-refractivity contribution in [3.8, 4) is 5.75 Å². The van der Waals surface area contributed by atoms with E-state index in [-0.39, 0.29) is 30.7 Å². The maximum Gasteiger partial charge on any atom is 0.419 e. The lowest BCUT2D eigenvalue weighted by atomic mass is 9.81. The van der Waals surface area contributed by atoms with E-state index in [1.807, 2.05) is 0 Å². The van der Waals surface area contributed by atoms with Crippen molar-refractivity contribution >= 4 is 33.6 Å². The highest BCUT2D eigenvalue weighted by Gasteiger charge is 2.58. The van der Waals surface area contributed by atoms with Crippen molar-refractivity contribution in [3.05, 3.63) is 53.3 Å². The molecule has 1 aliphatic rings. The summed E-state index contributed by atoms with van der Waals surface area (Å²) in [4.78, 5) is 37.1. The predicted molar refractivity (Wildman–Crippen MR) is 129 cm³/mol. The van der Waals surface area contributed by atoms with E-state index in [1.165, 1.54) is 32.0 Å². The van der Waals surface area contributed by atoms with Gasteiger partial charge in [-0.15, -0.1) is 0 Å². The highest BCUT2D eigenvalue weighted by Crippen LogP contribution is 2.42. The lowest BCUT2D eigenvalue weighted by Gasteiger charge is -2.38. The summed E-state index contributed by atoms with van der Waals surface area (Å²) >= 11 is 0. The number of benzene rings is 2. The van der Waals surface area contributed by atoms with Crippen LogP contribution in [0.1, 0.15) is 31.4 Å². The number of esters is 2. The van der Waals surface area contributed by atoms with Gasteiger partial charge in [-0.2, -0.15) is 13.2 Å². The monoisotopic (exact) mass is 591 g/mol. The maximum atomic E-state index is 13.9. The molecule has 1 aliphatic heterocycles. The Balaban J connectivity index is 2.15. The number of anilines is 1. The summed E-state index contributed by atoms with van der Waals surface area (Å²) < 4.78 is 97.3. The summed E-state index contributed by atoms with van der Waals surface area (Å²) in [5.41, 5.74) is -4.33. The van der Waals surface area contributed by atoms with Crippen LogP contribution < -0.4 is 9.04 Å². The standard InChI is InChI=1S/C25H25F4NO9S/c1-4-37-22(33)24(21(31)32,23(34)38-5-2)12-15-13-30(19-10-14(3)6-9-20(19)39-15)40(35,36)16-7-8-18(26)17(11-16)25(27,28)29/h6-11,15H,4-5,12-13H2,1-3H3,(H,31,32)/t15-/m0/s1. The number of nitrogens with zero attached hydrogens (tertiary/aromatic N) is 1. The first-order valence-corrected chi connectivity index (χ1v) is 13.3. The second kappa shape index (κ2) is 11.3. The second-order valence-corrected chi connectivity index (χ2v) is 10.6. The second-order valence-electron chi connectivity index (χ2n) is 8.74. The lowest BCUT2D eigenvalue weighted by molar-refractivity contribution is -0.183. The van der Waals surface area contributed by atoms with Crippen LogP contribution in [0.5, 0.6) is 5.75 Å². The molecule has 15 heteroatoms. The van der Waals surface area contributed by atoms with Gasteiger partial charge >= 0.3 is 24.1 Å². The van der Waals surface area contributed by atoms with Gasteiger partial charge in [0, 0.05) is 6.42 Å². The largest absolute Gasteiger partial charge is 0.486 e. The maximum absolute atomic E-state index is 13.9. The average molecular weight is 592 g/mol. The molecule has 40 heavy (non-hydrogen) atoms. The first-order valence-electron chi connectivity index (χ1n) is 11.8. The summed E-state index contributed by atoms with van der Waals surface area (Å²) in [6.45, 7) is 3.02. The van der Waals surface area contributed by atoms with Crippen LogP contribution in [0.25, 0.3) is 0 Å². The van der Waals surface area contributed by atoms with Crippen LogP contribution in [-0.4, -0.2) is 57.3 Å². The molecular formula is C25H25F4NO9S. The van der Waals surface area contributed by atoms with Gasteiger partial charge in [0.05, 0.1) is 35.9 Å². The van der Waals surface area contributed by atoms with Gasteiger partial charge in [-0.25, -0.2) is 12.8 Å². The Kier molecular flexibility index (Phi) is 8.67. The number of sulfonamides is 1. The zero-order valence-corrected chi connectivity index (χ0v) is 22.3. The van der Waals surface area contributed by atoms with E-state index in [9.17, 15) is 45.5 Å². The van der Waals surface area contributed by atoms with E-state index in [2.05, 4.69) is 0 Å². The number of hydrogen-bond donors (Lipinski definition) is 1. The van der Waals surface area contributed by atoms with Gasteiger partial charge < -0.3 is 19.3 Å². The number of rotatable bonds is 9. The Morgan fingerprint density at radius 2 is 1.65 bits per heavy atom. The Bertz CT molecular complexity index is 1410. The highest BCUT2D eigenvalue weighted by molar-refractivity contribution is 7.92. The Hall–Kier alpha value is -3.88. The van der Waals surface area contributed by atoms with Crippen LogP contribution in [0.4, 0.5) is 23.2 Å². The van der Waals surface area contributed by atoms with Gasteiger partial charge in [0.1, 0.15) is 17.7 Å². The van der Waals surface area contributed by atoms with Crippen molar-refractivity contribution in [2.75, 3.05) is 24.1 Å². The summed E-state index contributed by atoms with van der Waals surface area (Å²) in [5.74, 6) is -6.69. The summed E-state index contributed by atoms with van der Waals surface area (Å²) in [6.07, 6.45) is -7.65. The molecule has 218 valence electrons. The molecule has 0 radical (unpaired) electrons. The number of aliphatic carboxylic acids is 1. The molecule has 2 aromatic carbocycles. The fourth-order valence-electron chi connectivity index (χ4n) is 4.13. The van der Waals surface area contributed by atoms with E-state index in [0.29, 0.717) is 22.0 Å². The van der Waals surface area contributed by atoms with Crippen molar-refractivity contribution in [1.29, 1.82) is 0 Å². The van der Waals surface area contributed by atoms with Gasteiger partial charge in [-0.3, -0.25) is 18.7 Å². The normalized spacial score (nSPS) is 15.6. The van der Waals surface area contributed by atoms with E-state index >= 15 is 0 Å². The van der Waals surface area contributed by atoms with E-state index in [1.54, 1.807) is 6.92 Å². The molecule has 0 saturated heterocycles. The van der Waals surface area contributed by atoms with Crippen LogP contribution in [0.15, 0.2) is 41.3 Å². The van der Waals surface area contributed by atoms with Crippen LogP contribution in [-0.2, 0) is 40.1 Å². The quantitative estimate of drug-likeness (QED) is 0.263. The number of ether oxygens (including phenoxy) is 3. The molecule has 0 aliphatic carbocycles. The van der Waals surface area contributed by atoms with Gasteiger partial charge in [-0.1, -0.05) is 6.07 Å². The van der Waals surface area contributed by atoms with E-state index in [4.69, 9.17) is 14.2 Å². The average Bonchev–Trinajstić information content (AvgIpc) is 2.86. The summed E-state index contributed by atoms with van der Waals surface area (Å²) in [5, 5.41) is 9.99. The van der Waals surface area contributed by atoms with Crippen LogP contribution >= 0.6 is 0 Å². The predicted octanol–water partition coefficient (Wildman–Crippen LogP) is 3.70. The third-order valence-electron chi connectivity index (χ3n) is 6.02. The number of fused-ring (bicyclic) bond motifs is 1. The molecule has 0 saturated carbocycles. The fraction of sp³-hybridized carbons (Fsp3) is 0.400. The van der Waals surface area contributed by atoms with Gasteiger partial charge in [-0.05, 0) is 56.7 Å². The van der Waals surface area contributed by atoms with Crippen molar-refractivity contribution < 1.29 is 59.7 Å². The molecule has 1 heterocycles. The van der Waals surface area contributed by atoms with E-state index < -0.39 is 74.9 Å². The number of carbonyl (C=O) groups excluding carboxylic acids is 2. The molecule has 0 amide bonds. The molecule has 1 N–H and O–H groups in total. The SMILES string of the molecule is CCOC(=O)C(C[C@H]1CN(S(=O)(=O)c2ccc(F)c(C(F)(F)F)c2)c2cc(C)ccc2O1)(C(=O)O)C(=O)OCC. The molecule has 0 unspecified atom stereocenters. The number of aryl methyl sites for hydroxylation is 1. The summed E-state index contributed by atoms with van der Waals surface area (Å²) in [6, 6.07) is 5.37. The molecule has 3 rings (SSSR count). The van der Waals surface area contributed by atoms with Crippen molar-refractivity contribution in [3.63, 3.8) is 0 Å². The highest BCUT2D eigenvalue weighted by atomic mass is 32.2. The minimum Gasteiger partial charge on any atom is -0.486 e. The lowest BCUT2D eigenvalue weighted by Crippen LogP contribution is -2.54. The van der Waals surface area contributed by atoms with Crippen LogP contribution in [0.3, 0.4) is 0 Å². The number of hydrogen-bond acceptors (Lipinski definition) is 8. The number of carboxylic acids is 1. The Labute approximate surface area is 226 Å². The molecule has 0 fully saturated rings. The Morgan fingerprint density at radius 1 is 1.05 bits per heavy atom. The summed E-state index contributed by atoms with van der Waals surface area (Å²) in [7, 11) is -4.85. The van der Waals surface area contributed by atoms with Gasteiger partial charge in [0.15, 0.2) is 0 Å². The van der Waals surface area contributed by atoms with Gasteiger partial charge in [0.25, 0.3) is 15.4 Å². The van der Waals surface area contributed by atoms with Crippen LogP contribution in [0, 0.1) is 18.2 Å². The number of carboxylic acid groups (broad SMARTS) is 1. The Morgan fingerprint density at radius 3 is 2.17 bits per heavy atom. The molecule has 0 aromatic heterocycles. The zero-order chi connectivity index (χ0) is 30.0. The van der Waals surface area contributed by atoms with Crippen molar-refractivity contribution in [2.45, 2.75) is 44.4 Å². The number of alkyl halides is 3. The fourth-order valence-corrected chi connectivity index (χ4v) is 5.65. The minimum absolute atomic E-state index is 0.109. The third-order valence-corrected chi connectivity index (χ3v) is 7.80. The molecule has 0 bridgehead atoms. The van der Waals surface area contributed by atoms with Crippen molar-refractivity contribution in [2.24, 2.45) is 5.41 Å². The number of carbonyl (C=O) groups is 3. The molecule has 10 nitrogen and oxygen atoms in total. The minimum atomic E-state index is -5.20. The van der Waals surface area contributed by atoms with E-state index in [0.717, 1.165) is 0 Å². The number of halogens is 4. The topological polar surface area (TPSA) is 137 Å². The molecule has 1 atom stereocenters. The third kappa shape index (κ3) is 5.69. The first-order chi connectivity index (χ1) is 18.6. The first kappa shape index (κ1) is 30.7. The van der Waals surface area contributed by atoms with Crippen LogP contribution in [0.2, 0.25) is 0 Å². The molecule has 0 spiro atoms. The van der Waals surface area contributed by atoms with Crippen molar-refractivity contribution in [1.82, 2.24) is 0 Å². The smallest absolute Gasteiger partial charge is 0.419 e. The molecular weight excluding hydrogens is 566 g/mol. The van der Waals surface area contributed by atoms with Gasteiger partial charge in [0.2, 0.25) is 0 Å². The molecule has 2 aromatic rings. The zero-order valence-electron chi connectivity index (χ0n) is 21.5.